The van der Waals surface area contributed by atoms with Crippen molar-refractivity contribution < 1.29 is 4.74 Å². The maximum atomic E-state index is 5.71. The zero-order chi connectivity index (χ0) is 13.8. The molecule has 0 heterocycles. The summed E-state index contributed by atoms with van der Waals surface area (Å²) in [5.41, 5.74) is 1.25. The molecule has 0 saturated heterocycles. The molecule has 0 bridgehead atoms. The zero-order valence-corrected chi connectivity index (χ0v) is 12.2. The van der Waals surface area contributed by atoms with Gasteiger partial charge in [0, 0.05) is 12.1 Å². The number of ether oxygens (including phenoxy) is 1. The van der Waals surface area contributed by atoms with Crippen LogP contribution in [0.2, 0.25) is 0 Å². The Morgan fingerprint density at radius 1 is 1.20 bits per heavy atom. The predicted octanol–water partition coefficient (Wildman–Crippen LogP) is 3.78. The van der Waals surface area contributed by atoms with Gasteiger partial charge in [-0.2, -0.15) is 0 Å². The summed E-state index contributed by atoms with van der Waals surface area (Å²) < 4.78 is 5.71. The molecule has 108 valence electrons. The van der Waals surface area contributed by atoms with Crippen LogP contribution in [-0.4, -0.2) is 13.2 Å². The van der Waals surface area contributed by atoms with E-state index >= 15 is 0 Å². The first-order chi connectivity index (χ1) is 9.88. The van der Waals surface area contributed by atoms with Crippen LogP contribution >= 0.6 is 0 Å². The molecular formula is C18H25NO. The topological polar surface area (TPSA) is 21.3 Å². The Bertz CT molecular complexity index is 436. The van der Waals surface area contributed by atoms with Gasteiger partial charge in [0.15, 0.2) is 0 Å². The van der Waals surface area contributed by atoms with Gasteiger partial charge in [-0.25, -0.2) is 0 Å². The van der Waals surface area contributed by atoms with Crippen molar-refractivity contribution in [2.45, 2.75) is 32.2 Å². The molecule has 0 atom stereocenters. The lowest BCUT2D eigenvalue weighted by atomic mass is 9.98. The van der Waals surface area contributed by atoms with Crippen molar-refractivity contribution in [3.05, 3.63) is 42.5 Å². The molecule has 0 amide bonds. The molecule has 2 fully saturated rings. The van der Waals surface area contributed by atoms with E-state index in [4.69, 9.17) is 4.74 Å². The van der Waals surface area contributed by atoms with Crippen LogP contribution in [0.3, 0.4) is 0 Å². The summed E-state index contributed by atoms with van der Waals surface area (Å²) in [6.45, 7) is 6.35. The van der Waals surface area contributed by atoms with E-state index in [0.717, 1.165) is 30.0 Å². The Morgan fingerprint density at radius 2 is 1.90 bits per heavy atom. The van der Waals surface area contributed by atoms with Crippen LogP contribution in [0.1, 0.15) is 31.2 Å². The van der Waals surface area contributed by atoms with Crippen LogP contribution in [-0.2, 0) is 6.54 Å². The lowest BCUT2D eigenvalue weighted by Crippen LogP contribution is -2.25. The highest BCUT2D eigenvalue weighted by molar-refractivity contribution is 5.33. The maximum absolute atomic E-state index is 5.71. The Balaban J connectivity index is 1.50. The summed E-state index contributed by atoms with van der Waals surface area (Å²) in [4.78, 5) is 0. The zero-order valence-electron chi connectivity index (χ0n) is 12.2. The molecule has 0 spiro atoms. The van der Waals surface area contributed by atoms with Gasteiger partial charge in [0.2, 0.25) is 0 Å². The number of rotatable bonds is 9. The van der Waals surface area contributed by atoms with E-state index in [-0.39, 0.29) is 0 Å². The molecule has 0 aromatic heterocycles. The van der Waals surface area contributed by atoms with E-state index in [1.54, 1.807) is 6.08 Å². The minimum atomic E-state index is 0.573. The lowest BCUT2D eigenvalue weighted by Gasteiger charge is -2.17. The van der Waals surface area contributed by atoms with E-state index in [1.165, 1.54) is 37.8 Å². The third kappa shape index (κ3) is 3.63. The van der Waals surface area contributed by atoms with E-state index in [1.807, 2.05) is 12.1 Å². The fourth-order valence-corrected chi connectivity index (χ4v) is 3.08. The first-order valence-corrected chi connectivity index (χ1v) is 7.91. The highest BCUT2D eigenvalue weighted by Crippen LogP contribution is 2.48. The highest BCUT2D eigenvalue weighted by atomic mass is 16.5. The van der Waals surface area contributed by atoms with Crippen LogP contribution in [0.5, 0.6) is 5.75 Å². The number of hydrogen-bond donors (Lipinski definition) is 1. The van der Waals surface area contributed by atoms with Gasteiger partial charge in [-0.05, 0) is 56.0 Å². The first kappa shape index (κ1) is 13.7. The molecule has 0 unspecified atom stereocenters. The SMILES string of the molecule is C=CCOc1ccccc1CNCC(C1CC1)C1CC1. The summed E-state index contributed by atoms with van der Waals surface area (Å²) in [7, 11) is 0. The molecule has 0 aliphatic heterocycles. The molecule has 2 heteroatoms. The quantitative estimate of drug-likeness (QED) is 0.690. The van der Waals surface area contributed by atoms with Crippen molar-refractivity contribution in [3.63, 3.8) is 0 Å². The molecule has 2 nitrogen and oxygen atoms in total. The van der Waals surface area contributed by atoms with E-state index in [9.17, 15) is 0 Å². The Kier molecular flexibility index (Phi) is 4.41. The number of benzene rings is 1. The Morgan fingerprint density at radius 3 is 2.55 bits per heavy atom. The summed E-state index contributed by atoms with van der Waals surface area (Å²) in [6.07, 6.45) is 7.63. The van der Waals surface area contributed by atoms with Crippen LogP contribution in [0.4, 0.5) is 0 Å². The average Bonchev–Trinajstić information content (AvgIpc) is 3.36. The average molecular weight is 271 g/mol. The van der Waals surface area contributed by atoms with Crippen molar-refractivity contribution >= 4 is 0 Å². The van der Waals surface area contributed by atoms with E-state index in [2.05, 4.69) is 24.0 Å². The molecule has 20 heavy (non-hydrogen) atoms. The molecule has 2 saturated carbocycles. The monoisotopic (exact) mass is 271 g/mol. The summed E-state index contributed by atoms with van der Waals surface area (Å²) in [5, 5.41) is 3.66. The van der Waals surface area contributed by atoms with Gasteiger partial charge < -0.3 is 10.1 Å². The van der Waals surface area contributed by atoms with Crippen LogP contribution < -0.4 is 10.1 Å². The van der Waals surface area contributed by atoms with Crippen molar-refractivity contribution in [3.8, 4) is 5.75 Å². The van der Waals surface area contributed by atoms with Crippen molar-refractivity contribution in [2.24, 2.45) is 17.8 Å². The maximum Gasteiger partial charge on any atom is 0.124 e. The molecule has 2 aliphatic rings. The minimum Gasteiger partial charge on any atom is -0.489 e. The van der Waals surface area contributed by atoms with Gasteiger partial charge in [-0.3, -0.25) is 0 Å². The van der Waals surface area contributed by atoms with Crippen molar-refractivity contribution in [1.82, 2.24) is 5.32 Å². The Hall–Kier alpha value is -1.28. The normalized spacial score (nSPS) is 18.2. The van der Waals surface area contributed by atoms with Crippen molar-refractivity contribution in [2.75, 3.05) is 13.2 Å². The van der Waals surface area contributed by atoms with Crippen LogP contribution in [0.15, 0.2) is 36.9 Å². The standard InChI is InChI=1S/C18H25NO/c1-2-11-20-18-6-4-3-5-16(18)12-19-13-17(14-7-8-14)15-9-10-15/h2-6,14-15,17,19H,1,7-13H2. The minimum absolute atomic E-state index is 0.573. The molecule has 3 rings (SSSR count). The van der Waals surface area contributed by atoms with E-state index in [0.29, 0.717) is 6.61 Å². The summed E-state index contributed by atoms with van der Waals surface area (Å²) in [5.74, 6) is 3.94. The number of para-hydroxylation sites is 1. The Labute approximate surface area is 122 Å². The smallest absolute Gasteiger partial charge is 0.124 e. The highest BCUT2D eigenvalue weighted by Gasteiger charge is 2.40. The predicted molar refractivity (Wildman–Crippen MR) is 82.8 cm³/mol. The molecular weight excluding hydrogens is 246 g/mol. The van der Waals surface area contributed by atoms with Crippen molar-refractivity contribution in [1.29, 1.82) is 0 Å². The van der Waals surface area contributed by atoms with Gasteiger partial charge in [0.05, 0.1) is 0 Å². The third-order valence-corrected chi connectivity index (χ3v) is 4.48. The van der Waals surface area contributed by atoms with Crippen LogP contribution in [0, 0.1) is 17.8 Å². The second-order valence-corrected chi connectivity index (χ2v) is 6.18. The lowest BCUT2D eigenvalue weighted by molar-refractivity contribution is 0.352. The summed E-state index contributed by atoms with van der Waals surface area (Å²) in [6, 6.07) is 8.30. The third-order valence-electron chi connectivity index (χ3n) is 4.48. The molecule has 1 N–H and O–H groups in total. The van der Waals surface area contributed by atoms with Gasteiger partial charge >= 0.3 is 0 Å². The fourth-order valence-electron chi connectivity index (χ4n) is 3.08. The van der Waals surface area contributed by atoms with Gasteiger partial charge in [0.1, 0.15) is 12.4 Å². The molecule has 1 aromatic rings. The van der Waals surface area contributed by atoms with Gasteiger partial charge in [0.25, 0.3) is 0 Å². The number of hydrogen-bond acceptors (Lipinski definition) is 2. The van der Waals surface area contributed by atoms with Gasteiger partial charge in [-0.1, -0.05) is 30.9 Å². The molecule has 0 radical (unpaired) electrons. The number of nitrogens with one attached hydrogen (secondary N) is 1. The molecule has 2 aliphatic carbocycles. The fraction of sp³-hybridized carbons (Fsp3) is 0.556. The summed E-state index contributed by atoms with van der Waals surface area (Å²) >= 11 is 0. The van der Waals surface area contributed by atoms with Crippen LogP contribution in [0.25, 0.3) is 0 Å². The second kappa shape index (κ2) is 6.45. The largest absolute Gasteiger partial charge is 0.489 e. The second-order valence-electron chi connectivity index (χ2n) is 6.18. The van der Waals surface area contributed by atoms with Gasteiger partial charge in [-0.15, -0.1) is 0 Å². The first-order valence-electron chi connectivity index (χ1n) is 7.91. The molecule has 1 aromatic carbocycles. The van der Waals surface area contributed by atoms with E-state index < -0.39 is 0 Å².